The average molecular weight is 237 g/mol. The molecular formula is C12H13F2N3. The predicted molar refractivity (Wildman–Crippen MR) is 62.4 cm³/mol. The summed E-state index contributed by atoms with van der Waals surface area (Å²) in [4.78, 5) is 0. The number of nitrogen functional groups attached to an aromatic ring is 1. The van der Waals surface area contributed by atoms with Gasteiger partial charge in [-0.25, -0.2) is 8.78 Å². The molecule has 2 rings (SSSR count). The van der Waals surface area contributed by atoms with Crippen LogP contribution < -0.4 is 5.73 Å². The minimum atomic E-state index is -0.621. The molecule has 1 heterocycles. The van der Waals surface area contributed by atoms with Crippen molar-refractivity contribution in [3.05, 3.63) is 35.2 Å². The molecule has 17 heavy (non-hydrogen) atoms. The monoisotopic (exact) mass is 237 g/mol. The minimum Gasteiger partial charge on any atom is -0.396 e. The summed E-state index contributed by atoms with van der Waals surface area (Å²) in [5.41, 5.74) is 7.38. The summed E-state index contributed by atoms with van der Waals surface area (Å²) >= 11 is 0. The van der Waals surface area contributed by atoms with Crippen LogP contribution in [0.25, 0.3) is 11.1 Å². The number of nitrogens with zero attached hydrogens (tertiary/aromatic N) is 2. The SMILES string of the molecule is Cc1nn(C)c(C)c1-c1cc(F)c(N)cc1F. The van der Waals surface area contributed by atoms with E-state index in [1.807, 2.05) is 6.92 Å². The van der Waals surface area contributed by atoms with Gasteiger partial charge in [0.25, 0.3) is 0 Å². The number of hydrogen-bond acceptors (Lipinski definition) is 2. The number of hydrogen-bond donors (Lipinski definition) is 1. The van der Waals surface area contributed by atoms with Crippen LogP contribution >= 0.6 is 0 Å². The topological polar surface area (TPSA) is 43.8 Å². The molecule has 0 atom stereocenters. The molecule has 0 fully saturated rings. The molecule has 0 saturated carbocycles. The zero-order valence-electron chi connectivity index (χ0n) is 9.88. The van der Waals surface area contributed by atoms with Gasteiger partial charge in [-0.1, -0.05) is 0 Å². The first-order chi connectivity index (χ1) is 7.91. The Hall–Kier alpha value is -1.91. The van der Waals surface area contributed by atoms with Crippen LogP contribution in [0.5, 0.6) is 0 Å². The maximum Gasteiger partial charge on any atom is 0.146 e. The lowest BCUT2D eigenvalue weighted by Crippen LogP contribution is -1.96. The number of nitrogens with two attached hydrogens (primary N) is 1. The number of halogens is 2. The first kappa shape index (κ1) is 11.6. The Morgan fingerprint density at radius 3 is 2.35 bits per heavy atom. The molecule has 5 heteroatoms. The normalized spacial score (nSPS) is 10.9. The van der Waals surface area contributed by atoms with E-state index >= 15 is 0 Å². The van der Waals surface area contributed by atoms with E-state index in [0.29, 0.717) is 11.3 Å². The van der Waals surface area contributed by atoms with Gasteiger partial charge in [-0.2, -0.15) is 5.10 Å². The zero-order valence-corrected chi connectivity index (χ0v) is 9.88. The van der Waals surface area contributed by atoms with Gasteiger partial charge >= 0.3 is 0 Å². The van der Waals surface area contributed by atoms with Gasteiger partial charge in [-0.15, -0.1) is 0 Å². The molecule has 1 aromatic carbocycles. The number of anilines is 1. The van der Waals surface area contributed by atoms with Crippen molar-refractivity contribution >= 4 is 5.69 Å². The molecule has 0 unspecified atom stereocenters. The number of aromatic nitrogens is 2. The Bertz CT molecular complexity index is 588. The maximum absolute atomic E-state index is 13.8. The quantitative estimate of drug-likeness (QED) is 0.775. The van der Waals surface area contributed by atoms with Crippen LogP contribution in [-0.4, -0.2) is 9.78 Å². The Labute approximate surface area is 97.9 Å². The summed E-state index contributed by atoms with van der Waals surface area (Å²) in [5, 5.41) is 4.18. The van der Waals surface area contributed by atoms with Crippen LogP contribution in [0, 0.1) is 25.5 Å². The lowest BCUT2D eigenvalue weighted by molar-refractivity contribution is 0.607. The molecule has 2 N–H and O–H groups in total. The second kappa shape index (κ2) is 3.84. The van der Waals surface area contributed by atoms with E-state index in [1.165, 1.54) is 0 Å². The molecule has 0 aliphatic rings. The van der Waals surface area contributed by atoms with Crippen molar-refractivity contribution in [2.24, 2.45) is 7.05 Å². The van der Waals surface area contributed by atoms with E-state index in [4.69, 9.17) is 5.73 Å². The van der Waals surface area contributed by atoms with Crippen molar-refractivity contribution in [2.75, 3.05) is 5.73 Å². The van der Waals surface area contributed by atoms with Gasteiger partial charge in [-0.3, -0.25) is 4.68 Å². The van der Waals surface area contributed by atoms with Gasteiger partial charge in [-0.05, 0) is 19.9 Å². The van der Waals surface area contributed by atoms with Crippen molar-refractivity contribution in [3.8, 4) is 11.1 Å². The Balaban J connectivity index is 2.72. The maximum atomic E-state index is 13.8. The van der Waals surface area contributed by atoms with Crippen molar-refractivity contribution in [3.63, 3.8) is 0 Å². The van der Waals surface area contributed by atoms with E-state index < -0.39 is 11.6 Å². The third kappa shape index (κ3) is 1.77. The van der Waals surface area contributed by atoms with Crippen LogP contribution in [0.15, 0.2) is 12.1 Å². The number of benzene rings is 1. The van der Waals surface area contributed by atoms with E-state index in [-0.39, 0.29) is 11.3 Å². The lowest BCUT2D eigenvalue weighted by Gasteiger charge is -2.06. The molecule has 0 radical (unpaired) electrons. The highest BCUT2D eigenvalue weighted by atomic mass is 19.1. The van der Waals surface area contributed by atoms with Crippen molar-refractivity contribution < 1.29 is 8.78 Å². The van der Waals surface area contributed by atoms with Gasteiger partial charge in [0.2, 0.25) is 0 Å². The van der Waals surface area contributed by atoms with Gasteiger partial charge in [0.15, 0.2) is 0 Å². The highest BCUT2D eigenvalue weighted by molar-refractivity contribution is 5.71. The van der Waals surface area contributed by atoms with E-state index in [1.54, 1.807) is 18.7 Å². The van der Waals surface area contributed by atoms with Gasteiger partial charge in [0, 0.05) is 29.9 Å². The smallest absolute Gasteiger partial charge is 0.146 e. The molecule has 90 valence electrons. The van der Waals surface area contributed by atoms with Crippen molar-refractivity contribution in [1.29, 1.82) is 0 Å². The third-order valence-electron chi connectivity index (χ3n) is 2.86. The van der Waals surface area contributed by atoms with Crippen LogP contribution in [0.1, 0.15) is 11.4 Å². The largest absolute Gasteiger partial charge is 0.396 e. The molecular weight excluding hydrogens is 224 g/mol. The summed E-state index contributed by atoms with van der Waals surface area (Å²) in [6.07, 6.45) is 0. The molecule has 3 nitrogen and oxygen atoms in total. The molecule has 2 aromatic rings. The first-order valence-corrected chi connectivity index (χ1v) is 5.17. The summed E-state index contributed by atoms with van der Waals surface area (Å²) < 4.78 is 28.8. The highest BCUT2D eigenvalue weighted by Gasteiger charge is 2.17. The number of aryl methyl sites for hydroxylation is 2. The Morgan fingerprint density at radius 2 is 1.82 bits per heavy atom. The Morgan fingerprint density at radius 1 is 1.18 bits per heavy atom. The summed E-state index contributed by atoms with van der Waals surface area (Å²) in [6.45, 7) is 3.57. The van der Waals surface area contributed by atoms with Crippen molar-refractivity contribution in [2.45, 2.75) is 13.8 Å². The molecule has 0 saturated heterocycles. The fraction of sp³-hybridized carbons (Fsp3) is 0.250. The average Bonchev–Trinajstić information content (AvgIpc) is 2.48. The lowest BCUT2D eigenvalue weighted by atomic mass is 10.0. The summed E-state index contributed by atoms with van der Waals surface area (Å²) in [5.74, 6) is -1.16. The molecule has 0 spiro atoms. The first-order valence-electron chi connectivity index (χ1n) is 5.17. The Kier molecular flexibility index (Phi) is 2.61. The second-order valence-electron chi connectivity index (χ2n) is 4.02. The summed E-state index contributed by atoms with van der Waals surface area (Å²) in [6, 6.07) is 2.11. The van der Waals surface area contributed by atoms with Gasteiger partial charge < -0.3 is 5.73 Å². The minimum absolute atomic E-state index is 0.189. The van der Waals surface area contributed by atoms with Gasteiger partial charge in [0.05, 0.1) is 11.4 Å². The standard InChI is InChI=1S/C12H13F2N3/c1-6-12(7(2)17(3)16-6)8-4-10(14)11(15)5-9(8)13/h4-5H,15H2,1-3H3. The van der Waals surface area contributed by atoms with Crippen molar-refractivity contribution in [1.82, 2.24) is 9.78 Å². The van der Waals surface area contributed by atoms with Gasteiger partial charge in [0.1, 0.15) is 11.6 Å². The molecule has 1 aromatic heterocycles. The van der Waals surface area contributed by atoms with E-state index in [2.05, 4.69) is 5.10 Å². The molecule has 0 bridgehead atoms. The zero-order chi connectivity index (χ0) is 12.7. The van der Waals surface area contributed by atoms with Crippen LogP contribution in [-0.2, 0) is 7.05 Å². The van der Waals surface area contributed by atoms with E-state index in [0.717, 1.165) is 17.8 Å². The summed E-state index contributed by atoms with van der Waals surface area (Å²) in [7, 11) is 1.76. The fourth-order valence-electron chi connectivity index (χ4n) is 1.92. The molecule has 0 aliphatic heterocycles. The second-order valence-corrected chi connectivity index (χ2v) is 4.02. The van der Waals surface area contributed by atoms with Crippen LogP contribution in [0.2, 0.25) is 0 Å². The molecule has 0 aliphatic carbocycles. The molecule has 0 amide bonds. The number of rotatable bonds is 1. The fourth-order valence-corrected chi connectivity index (χ4v) is 1.92. The van der Waals surface area contributed by atoms with Crippen LogP contribution in [0.4, 0.5) is 14.5 Å². The highest BCUT2D eigenvalue weighted by Crippen LogP contribution is 2.31. The van der Waals surface area contributed by atoms with Crippen LogP contribution in [0.3, 0.4) is 0 Å². The predicted octanol–water partition coefficient (Wildman–Crippen LogP) is 2.56. The van der Waals surface area contributed by atoms with E-state index in [9.17, 15) is 8.78 Å². The third-order valence-corrected chi connectivity index (χ3v) is 2.86.